The van der Waals surface area contributed by atoms with Gasteiger partial charge in [-0.1, -0.05) is 47.1 Å². The maximum Gasteiger partial charge on any atom is 0.215 e. The Bertz CT molecular complexity index is 922. The summed E-state index contributed by atoms with van der Waals surface area (Å²) < 4.78 is 32.0. The fourth-order valence-electron chi connectivity index (χ4n) is 2.36. The average molecular weight is 377 g/mol. The second kappa shape index (κ2) is 7.82. The number of rotatable bonds is 7. The van der Waals surface area contributed by atoms with Crippen molar-refractivity contribution < 1.29 is 12.9 Å². The van der Waals surface area contributed by atoms with Gasteiger partial charge in [0, 0.05) is 29.6 Å². The van der Waals surface area contributed by atoms with Crippen LogP contribution >= 0.6 is 11.6 Å². The summed E-state index contributed by atoms with van der Waals surface area (Å²) in [6, 6.07) is 18.1. The molecule has 3 rings (SSSR count). The Labute approximate surface area is 151 Å². The minimum atomic E-state index is -3.38. The Balaban J connectivity index is 1.55. The summed E-state index contributed by atoms with van der Waals surface area (Å²) in [4.78, 5) is 0. The first-order chi connectivity index (χ1) is 12.0. The lowest BCUT2D eigenvalue weighted by Gasteiger charge is -2.05. The first-order valence-corrected chi connectivity index (χ1v) is 9.78. The Morgan fingerprint density at radius 3 is 2.48 bits per heavy atom. The standard InChI is InChI=1S/C18H17ClN2O3S/c19-16-8-6-15(7-9-16)18-12-17(21-24-18)10-11-20-25(22,23)13-14-4-2-1-3-5-14/h1-9,12,20H,10-11,13H2. The molecule has 2 aromatic carbocycles. The van der Waals surface area contributed by atoms with Crippen LogP contribution in [-0.4, -0.2) is 20.1 Å². The molecule has 25 heavy (non-hydrogen) atoms. The molecule has 0 fully saturated rings. The molecule has 7 heteroatoms. The summed E-state index contributed by atoms with van der Waals surface area (Å²) in [7, 11) is -3.38. The fraction of sp³-hybridized carbons (Fsp3) is 0.167. The lowest BCUT2D eigenvalue weighted by atomic mass is 10.1. The molecular weight excluding hydrogens is 360 g/mol. The molecule has 130 valence electrons. The summed E-state index contributed by atoms with van der Waals surface area (Å²) in [5, 5.41) is 4.63. The molecule has 0 bridgehead atoms. The van der Waals surface area contributed by atoms with Gasteiger partial charge in [-0.2, -0.15) is 0 Å². The highest BCUT2D eigenvalue weighted by Gasteiger charge is 2.12. The summed E-state index contributed by atoms with van der Waals surface area (Å²) in [5.41, 5.74) is 2.31. The number of benzene rings is 2. The van der Waals surface area contributed by atoms with E-state index in [0.29, 0.717) is 22.9 Å². The fourth-order valence-corrected chi connectivity index (χ4v) is 3.63. The van der Waals surface area contributed by atoms with Crippen LogP contribution in [-0.2, 0) is 22.2 Å². The molecule has 0 aliphatic rings. The van der Waals surface area contributed by atoms with Crippen LogP contribution in [0.15, 0.2) is 65.2 Å². The third-order valence-electron chi connectivity index (χ3n) is 3.59. The van der Waals surface area contributed by atoms with Gasteiger partial charge >= 0.3 is 0 Å². The number of halogens is 1. The largest absolute Gasteiger partial charge is 0.356 e. The van der Waals surface area contributed by atoms with Crippen LogP contribution in [0.3, 0.4) is 0 Å². The Hall–Kier alpha value is -2.15. The molecule has 0 aliphatic carbocycles. The Kier molecular flexibility index (Phi) is 5.53. The van der Waals surface area contributed by atoms with Crippen LogP contribution in [0, 0.1) is 0 Å². The second-order valence-corrected chi connectivity index (χ2v) is 7.82. The molecule has 0 atom stereocenters. The molecule has 1 heterocycles. The molecule has 1 aromatic heterocycles. The van der Waals surface area contributed by atoms with Gasteiger partial charge in [0.15, 0.2) is 5.76 Å². The van der Waals surface area contributed by atoms with Crippen molar-refractivity contribution in [2.75, 3.05) is 6.54 Å². The van der Waals surface area contributed by atoms with Crippen molar-refractivity contribution in [1.29, 1.82) is 0 Å². The SMILES string of the molecule is O=S(=O)(Cc1ccccc1)NCCc1cc(-c2ccc(Cl)cc2)on1. The zero-order chi connectivity index (χ0) is 17.7. The molecule has 1 N–H and O–H groups in total. The highest BCUT2D eigenvalue weighted by molar-refractivity contribution is 7.88. The molecule has 0 unspecified atom stereocenters. The molecular formula is C18H17ClN2O3S. The van der Waals surface area contributed by atoms with Crippen molar-refractivity contribution in [3.63, 3.8) is 0 Å². The van der Waals surface area contributed by atoms with Crippen molar-refractivity contribution in [2.24, 2.45) is 0 Å². The van der Waals surface area contributed by atoms with Gasteiger partial charge in [0.1, 0.15) is 0 Å². The van der Waals surface area contributed by atoms with Crippen LogP contribution in [0.2, 0.25) is 5.02 Å². The molecule has 0 spiro atoms. The molecule has 3 aromatic rings. The molecule has 5 nitrogen and oxygen atoms in total. The van der Waals surface area contributed by atoms with Gasteiger partial charge in [-0.05, 0) is 29.8 Å². The van der Waals surface area contributed by atoms with Gasteiger partial charge in [-0.3, -0.25) is 0 Å². The third-order valence-corrected chi connectivity index (χ3v) is 5.20. The monoisotopic (exact) mass is 376 g/mol. The summed E-state index contributed by atoms with van der Waals surface area (Å²) in [6.45, 7) is 0.266. The first-order valence-electron chi connectivity index (χ1n) is 7.75. The van der Waals surface area contributed by atoms with Gasteiger partial charge in [-0.15, -0.1) is 0 Å². The van der Waals surface area contributed by atoms with Gasteiger partial charge in [0.2, 0.25) is 10.0 Å². The van der Waals surface area contributed by atoms with Gasteiger partial charge in [0.25, 0.3) is 0 Å². The number of nitrogens with zero attached hydrogens (tertiary/aromatic N) is 1. The van der Waals surface area contributed by atoms with E-state index in [9.17, 15) is 8.42 Å². The molecule has 0 saturated carbocycles. The van der Waals surface area contributed by atoms with E-state index in [2.05, 4.69) is 9.88 Å². The van der Waals surface area contributed by atoms with Crippen LogP contribution in [0.25, 0.3) is 11.3 Å². The van der Waals surface area contributed by atoms with Crippen molar-refractivity contribution in [3.8, 4) is 11.3 Å². The van der Waals surface area contributed by atoms with Gasteiger partial charge in [0.05, 0.1) is 11.4 Å². The van der Waals surface area contributed by atoms with Crippen molar-refractivity contribution in [2.45, 2.75) is 12.2 Å². The van der Waals surface area contributed by atoms with E-state index in [0.717, 1.165) is 11.1 Å². The predicted molar refractivity (Wildman–Crippen MR) is 97.7 cm³/mol. The molecule has 0 radical (unpaired) electrons. The number of hydrogen-bond acceptors (Lipinski definition) is 4. The maximum atomic E-state index is 12.1. The van der Waals surface area contributed by atoms with Gasteiger partial charge < -0.3 is 4.52 Å². The van der Waals surface area contributed by atoms with E-state index in [1.165, 1.54) is 0 Å². The van der Waals surface area contributed by atoms with Crippen molar-refractivity contribution in [3.05, 3.63) is 76.9 Å². The maximum absolute atomic E-state index is 12.1. The highest BCUT2D eigenvalue weighted by atomic mass is 35.5. The zero-order valence-corrected chi connectivity index (χ0v) is 14.9. The minimum absolute atomic E-state index is 0.0390. The smallest absolute Gasteiger partial charge is 0.215 e. The molecule has 0 aliphatic heterocycles. The summed E-state index contributed by atoms with van der Waals surface area (Å²) >= 11 is 5.86. The van der Waals surface area contributed by atoms with Crippen LogP contribution in [0.5, 0.6) is 0 Å². The number of sulfonamides is 1. The number of aromatic nitrogens is 1. The molecule has 0 amide bonds. The Morgan fingerprint density at radius 2 is 1.76 bits per heavy atom. The molecule has 0 saturated heterocycles. The topological polar surface area (TPSA) is 72.2 Å². The minimum Gasteiger partial charge on any atom is -0.356 e. The van der Waals surface area contributed by atoms with Crippen molar-refractivity contribution in [1.82, 2.24) is 9.88 Å². The number of hydrogen-bond donors (Lipinski definition) is 1. The van der Waals surface area contributed by atoms with E-state index < -0.39 is 10.0 Å². The van der Waals surface area contributed by atoms with E-state index in [-0.39, 0.29) is 12.3 Å². The van der Waals surface area contributed by atoms with E-state index in [1.807, 2.05) is 30.3 Å². The van der Waals surface area contributed by atoms with E-state index >= 15 is 0 Å². The van der Waals surface area contributed by atoms with E-state index in [4.69, 9.17) is 16.1 Å². The normalized spacial score (nSPS) is 11.6. The summed E-state index contributed by atoms with van der Waals surface area (Å²) in [6.07, 6.45) is 0.450. The quantitative estimate of drug-likeness (QED) is 0.683. The van der Waals surface area contributed by atoms with E-state index in [1.54, 1.807) is 30.3 Å². The lowest BCUT2D eigenvalue weighted by Crippen LogP contribution is -2.27. The first kappa shape index (κ1) is 17.7. The Morgan fingerprint density at radius 1 is 1.04 bits per heavy atom. The lowest BCUT2D eigenvalue weighted by molar-refractivity contribution is 0.423. The van der Waals surface area contributed by atoms with Crippen LogP contribution in [0.4, 0.5) is 0 Å². The average Bonchev–Trinajstić information content (AvgIpc) is 3.04. The van der Waals surface area contributed by atoms with Crippen LogP contribution in [0.1, 0.15) is 11.3 Å². The van der Waals surface area contributed by atoms with Crippen LogP contribution < -0.4 is 4.72 Å². The van der Waals surface area contributed by atoms with Crippen molar-refractivity contribution >= 4 is 21.6 Å². The predicted octanol–water partition coefficient (Wildman–Crippen LogP) is 3.66. The van der Waals surface area contributed by atoms with Gasteiger partial charge in [-0.25, -0.2) is 13.1 Å². The zero-order valence-electron chi connectivity index (χ0n) is 13.4. The third kappa shape index (κ3) is 5.16. The highest BCUT2D eigenvalue weighted by Crippen LogP contribution is 2.22. The summed E-state index contributed by atoms with van der Waals surface area (Å²) in [5.74, 6) is 0.585. The number of nitrogens with one attached hydrogen (secondary N) is 1. The second-order valence-electron chi connectivity index (χ2n) is 5.58.